The Morgan fingerprint density at radius 1 is 1.14 bits per heavy atom. The maximum Gasteiger partial charge on any atom is 0.291 e. The number of piperazine rings is 1. The van der Waals surface area contributed by atoms with E-state index < -0.39 is 0 Å². The van der Waals surface area contributed by atoms with Crippen LogP contribution in [0, 0.1) is 0 Å². The second kappa shape index (κ2) is 8.22. The molecule has 3 N–H and O–H groups in total. The van der Waals surface area contributed by atoms with Crippen LogP contribution in [-0.2, 0) is 6.42 Å². The predicted molar refractivity (Wildman–Crippen MR) is 117 cm³/mol. The van der Waals surface area contributed by atoms with Crippen molar-refractivity contribution in [3.8, 4) is 0 Å². The van der Waals surface area contributed by atoms with Crippen molar-refractivity contribution in [1.29, 1.82) is 0 Å². The lowest BCUT2D eigenvalue weighted by Gasteiger charge is -2.34. The van der Waals surface area contributed by atoms with Crippen LogP contribution in [0.15, 0.2) is 36.4 Å². The van der Waals surface area contributed by atoms with Gasteiger partial charge in [0.25, 0.3) is 5.91 Å². The molecule has 0 saturated carbocycles. The SMILES string of the molecule is CCc1ccc(C(=O)n2nc(Nc3ccc(N4CCN(C)CC4)cc3)nc2N)s1. The molecule has 1 aliphatic heterocycles. The van der Waals surface area contributed by atoms with Crippen molar-refractivity contribution in [2.45, 2.75) is 13.3 Å². The summed E-state index contributed by atoms with van der Waals surface area (Å²) in [5.41, 5.74) is 7.97. The van der Waals surface area contributed by atoms with Gasteiger partial charge in [0.05, 0.1) is 4.88 Å². The molecule has 1 saturated heterocycles. The number of rotatable bonds is 5. The van der Waals surface area contributed by atoms with E-state index in [2.05, 4.69) is 51.3 Å². The summed E-state index contributed by atoms with van der Waals surface area (Å²) in [7, 11) is 2.15. The van der Waals surface area contributed by atoms with Gasteiger partial charge in [0, 0.05) is 42.4 Å². The van der Waals surface area contributed by atoms with Gasteiger partial charge in [-0.3, -0.25) is 4.79 Å². The van der Waals surface area contributed by atoms with E-state index in [1.807, 2.05) is 18.2 Å². The molecule has 3 aromatic rings. The van der Waals surface area contributed by atoms with Crippen LogP contribution in [0.1, 0.15) is 21.5 Å². The molecule has 0 radical (unpaired) electrons. The summed E-state index contributed by atoms with van der Waals surface area (Å²) in [5, 5.41) is 7.37. The summed E-state index contributed by atoms with van der Waals surface area (Å²) in [5.74, 6) is 0.103. The Labute approximate surface area is 173 Å². The van der Waals surface area contributed by atoms with E-state index in [1.165, 1.54) is 17.0 Å². The van der Waals surface area contributed by atoms with Crippen LogP contribution >= 0.6 is 11.3 Å². The third-order valence-electron chi connectivity index (χ3n) is 5.04. The van der Waals surface area contributed by atoms with E-state index >= 15 is 0 Å². The number of thiophene rings is 1. The molecular formula is C20H25N7OS. The normalized spacial score (nSPS) is 14.9. The van der Waals surface area contributed by atoms with Gasteiger partial charge in [-0.1, -0.05) is 6.92 Å². The second-order valence-electron chi connectivity index (χ2n) is 7.09. The van der Waals surface area contributed by atoms with Gasteiger partial charge >= 0.3 is 0 Å². The van der Waals surface area contributed by atoms with E-state index in [0.29, 0.717) is 10.8 Å². The number of benzene rings is 1. The summed E-state index contributed by atoms with van der Waals surface area (Å²) < 4.78 is 1.15. The van der Waals surface area contributed by atoms with Crippen LogP contribution in [-0.4, -0.2) is 58.8 Å². The van der Waals surface area contributed by atoms with Gasteiger partial charge in [-0.15, -0.1) is 16.4 Å². The number of aryl methyl sites for hydroxylation is 1. The highest BCUT2D eigenvalue weighted by atomic mass is 32.1. The largest absolute Gasteiger partial charge is 0.369 e. The fourth-order valence-electron chi connectivity index (χ4n) is 3.26. The molecule has 1 aliphatic rings. The molecule has 3 heterocycles. The van der Waals surface area contributed by atoms with Crippen molar-refractivity contribution >= 4 is 40.5 Å². The van der Waals surface area contributed by atoms with Crippen molar-refractivity contribution in [2.75, 3.05) is 49.2 Å². The zero-order chi connectivity index (χ0) is 20.4. The monoisotopic (exact) mass is 411 g/mol. The lowest BCUT2D eigenvalue weighted by Crippen LogP contribution is -2.44. The molecule has 0 amide bonds. The Morgan fingerprint density at radius 3 is 2.52 bits per heavy atom. The molecule has 0 spiro atoms. The van der Waals surface area contributed by atoms with Crippen LogP contribution in [0.5, 0.6) is 0 Å². The molecule has 8 nitrogen and oxygen atoms in total. The molecule has 0 unspecified atom stereocenters. The lowest BCUT2D eigenvalue weighted by molar-refractivity contribution is 0.0952. The van der Waals surface area contributed by atoms with Gasteiger partial charge in [-0.2, -0.15) is 9.67 Å². The van der Waals surface area contributed by atoms with Gasteiger partial charge in [-0.25, -0.2) is 0 Å². The first-order valence-electron chi connectivity index (χ1n) is 9.70. The summed E-state index contributed by atoms with van der Waals surface area (Å²) >= 11 is 1.45. The number of aromatic nitrogens is 3. The Morgan fingerprint density at radius 2 is 1.86 bits per heavy atom. The summed E-state index contributed by atoms with van der Waals surface area (Å²) in [6.45, 7) is 6.24. The number of nitrogens with zero attached hydrogens (tertiary/aromatic N) is 5. The summed E-state index contributed by atoms with van der Waals surface area (Å²) in [4.78, 5) is 23.3. The van der Waals surface area contributed by atoms with Crippen molar-refractivity contribution in [1.82, 2.24) is 19.7 Å². The van der Waals surface area contributed by atoms with E-state index in [-0.39, 0.29) is 11.9 Å². The molecular weight excluding hydrogens is 386 g/mol. The first-order valence-corrected chi connectivity index (χ1v) is 10.5. The topological polar surface area (TPSA) is 92.3 Å². The van der Waals surface area contributed by atoms with Gasteiger partial charge in [0.1, 0.15) is 0 Å². The highest BCUT2D eigenvalue weighted by molar-refractivity contribution is 7.14. The average Bonchev–Trinajstić information content (AvgIpc) is 3.35. The lowest BCUT2D eigenvalue weighted by atomic mass is 10.2. The number of carbonyl (C=O) groups is 1. The maximum atomic E-state index is 12.7. The Bertz CT molecular complexity index is 987. The smallest absolute Gasteiger partial charge is 0.291 e. The molecule has 0 atom stereocenters. The molecule has 4 rings (SSSR count). The maximum absolute atomic E-state index is 12.7. The highest BCUT2D eigenvalue weighted by Gasteiger charge is 2.18. The first-order chi connectivity index (χ1) is 14.0. The van der Waals surface area contributed by atoms with Crippen molar-refractivity contribution < 1.29 is 4.79 Å². The zero-order valence-electron chi connectivity index (χ0n) is 16.6. The fraction of sp³-hybridized carbons (Fsp3) is 0.350. The van der Waals surface area contributed by atoms with Crippen LogP contribution in [0.4, 0.5) is 23.3 Å². The number of nitrogens with one attached hydrogen (secondary N) is 1. The number of carbonyl (C=O) groups excluding carboxylic acids is 1. The minimum absolute atomic E-state index is 0.0676. The predicted octanol–water partition coefficient (Wildman–Crippen LogP) is 2.67. The number of nitrogens with two attached hydrogens (primary N) is 1. The van der Waals surface area contributed by atoms with Gasteiger partial charge < -0.3 is 20.9 Å². The number of likely N-dealkylation sites (N-methyl/N-ethyl adjacent to an activating group) is 1. The Kier molecular flexibility index (Phi) is 5.50. The molecule has 152 valence electrons. The Hall–Kier alpha value is -2.91. The number of hydrogen-bond donors (Lipinski definition) is 2. The van der Waals surface area contributed by atoms with Gasteiger partial charge in [0.2, 0.25) is 11.9 Å². The third-order valence-corrected chi connectivity index (χ3v) is 6.25. The van der Waals surface area contributed by atoms with Crippen LogP contribution in [0.3, 0.4) is 0 Å². The standard InChI is InChI=1S/C20H25N7OS/c1-3-16-8-9-17(29-16)18(28)27-19(21)23-20(24-27)22-14-4-6-15(7-5-14)26-12-10-25(2)11-13-26/h4-9H,3,10-13H2,1-2H3,(H3,21,22,23,24). The highest BCUT2D eigenvalue weighted by Crippen LogP contribution is 2.23. The minimum atomic E-state index is -0.266. The van der Waals surface area contributed by atoms with E-state index in [0.717, 1.165) is 47.8 Å². The van der Waals surface area contributed by atoms with E-state index in [4.69, 9.17) is 5.73 Å². The zero-order valence-corrected chi connectivity index (χ0v) is 17.4. The molecule has 1 aromatic carbocycles. The quantitative estimate of drug-likeness (QED) is 0.667. The van der Waals surface area contributed by atoms with E-state index in [9.17, 15) is 4.79 Å². The van der Waals surface area contributed by atoms with Crippen molar-refractivity contribution in [3.05, 3.63) is 46.2 Å². The number of anilines is 4. The minimum Gasteiger partial charge on any atom is -0.369 e. The number of hydrogen-bond acceptors (Lipinski definition) is 8. The fourth-order valence-corrected chi connectivity index (χ4v) is 4.14. The van der Waals surface area contributed by atoms with E-state index in [1.54, 1.807) is 6.07 Å². The molecule has 2 aromatic heterocycles. The van der Waals surface area contributed by atoms with Crippen LogP contribution in [0.2, 0.25) is 0 Å². The second-order valence-corrected chi connectivity index (χ2v) is 8.26. The third kappa shape index (κ3) is 4.25. The molecule has 0 aliphatic carbocycles. The van der Waals surface area contributed by atoms with Crippen molar-refractivity contribution in [2.24, 2.45) is 0 Å². The number of nitrogen functional groups attached to an aromatic ring is 1. The average molecular weight is 412 g/mol. The van der Waals surface area contributed by atoms with Gasteiger partial charge in [-0.05, 0) is 49.9 Å². The molecule has 9 heteroatoms. The molecule has 0 bridgehead atoms. The van der Waals surface area contributed by atoms with Crippen molar-refractivity contribution in [3.63, 3.8) is 0 Å². The summed E-state index contributed by atoms with van der Waals surface area (Å²) in [6, 6.07) is 11.9. The first kappa shape index (κ1) is 19.4. The summed E-state index contributed by atoms with van der Waals surface area (Å²) in [6.07, 6.45) is 0.891. The van der Waals surface area contributed by atoms with Crippen LogP contribution in [0.25, 0.3) is 0 Å². The van der Waals surface area contributed by atoms with Gasteiger partial charge in [0.15, 0.2) is 0 Å². The van der Waals surface area contributed by atoms with Crippen LogP contribution < -0.4 is 16.0 Å². The Balaban J connectivity index is 1.45. The molecule has 1 fully saturated rings. The molecule has 29 heavy (non-hydrogen) atoms.